The van der Waals surface area contributed by atoms with E-state index in [-0.39, 0.29) is 6.10 Å². The Bertz CT molecular complexity index is 497. The smallest absolute Gasteiger partial charge is 0.0566 e. The van der Waals surface area contributed by atoms with Crippen molar-refractivity contribution in [3.05, 3.63) is 16.3 Å². The summed E-state index contributed by atoms with van der Waals surface area (Å²) in [6.07, 6.45) is 1.13. The molecule has 1 aliphatic heterocycles. The highest BCUT2D eigenvalue weighted by Crippen LogP contribution is 2.29. The second-order valence-electron chi connectivity index (χ2n) is 5.14. The van der Waals surface area contributed by atoms with Crippen LogP contribution in [-0.2, 0) is 9.71 Å². The Morgan fingerprint density at radius 2 is 2.11 bits per heavy atom. The number of rotatable bonds is 3. The molecule has 1 aliphatic rings. The molecule has 1 saturated heterocycles. The lowest BCUT2D eigenvalue weighted by Gasteiger charge is -2.31. The van der Waals surface area contributed by atoms with Crippen LogP contribution in [0.2, 0.25) is 0 Å². The standard InChI is InChI=1S/C13H21NO2S2/c1-10(2)13-8-12(9-17-13)18(3,16)14-6-4-11(15)5-7-14/h8-11,15H,3-7H2,1-2H3. The van der Waals surface area contributed by atoms with Crippen LogP contribution >= 0.6 is 11.3 Å². The fourth-order valence-electron chi connectivity index (χ4n) is 2.09. The molecule has 1 atom stereocenters. The first-order valence-corrected chi connectivity index (χ1v) is 8.86. The van der Waals surface area contributed by atoms with Crippen LogP contribution in [0.4, 0.5) is 0 Å². The van der Waals surface area contributed by atoms with Crippen molar-refractivity contribution >= 4 is 26.9 Å². The Morgan fingerprint density at radius 1 is 1.50 bits per heavy atom. The van der Waals surface area contributed by atoms with Gasteiger partial charge in [0.25, 0.3) is 0 Å². The number of hydrogen-bond donors (Lipinski definition) is 1. The van der Waals surface area contributed by atoms with E-state index in [2.05, 4.69) is 19.7 Å². The van der Waals surface area contributed by atoms with Crippen LogP contribution in [0.15, 0.2) is 16.3 Å². The Kier molecular flexibility index (Phi) is 4.16. The van der Waals surface area contributed by atoms with E-state index < -0.39 is 9.71 Å². The van der Waals surface area contributed by atoms with Crippen molar-refractivity contribution in [3.63, 3.8) is 0 Å². The third-order valence-electron chi connectivity index (χ3n) is 3.37. The van der Waals surface area contributed by atoms with Crippen molar-refractivity contribution in [1.82, 2.24) is 4.31 Å². The van der Waals surface area contributed by atoms with Gasteiger partial charge in [0.05, 0.1) is 20.7 Å². The monoisotopic (exact) mass is 287 g/mol. The summed E-state index contributed by atoms with van der Waals surface area (Å²) in [6, 6.07) is 2.02. The predicted molar refractivity (Wildman–Crippen MR) is 78.8 cm³/mol. The predicted octanol–water partition coefficient (Wildman–Crippen LogP) is 2.32. The molecule has 1 unspecified atom stereocenters. The maximum absolute atomic E-state index is 12.8. The summed E-state index contributed by atoms with van der Waals surface area (Å²) in [5, 5.41) is 11.5. The van der Waals surface area contributed by atoms with E-state index in [1.807, 2.05) is 15.8 Å². The second-order valence-corrected chi connectivity index (χ2v) is 8.35. The summed E-state index contributed by atoms with van der Waals surface area (Å²) >= 11 is 1.65. The first-order valence-electron chi connectivity index (χ1n) is 6.30. The summed E-state index contributed by atoms with van der Waals surface area (Å²) in [4.78, 5) is 2.09. The van der Waals surface area contributed by atoms with Gasteiger partial charge >= 0.3 is 0 Å². The molecular formula is C13H21NO2S2. The van der Waals surface area contributed by atoms with E-state index >= 15 is 0 Å². The maximum Gasteiger partial charge on any atom is 0.0566 e. The van der Waals surface area contributed by atoms with E-state index in [0.717, 1.165) is 4.90 Å². The van der Waals surface area contributed by atoms with E-state index in [1.54, 1.807) is 11.3 Å². The number of aliphatic hydroxyl groups excluding tert-OH is 1. The lowest BCUT2D eigenvalue weighted by molar-refractivity contribution is 0.114. The average molecular weight is 287 g/mol. The molecule has 0 aliphatic carbocycles. The Morgan fingerprint density at radius 3 is 2.61 bits per heavy atom. The summed E-state index contributed by atoms with van der Waals surface area (Å²) in [5.74, 6) is 4.40. The van der Waals surface area contributed by atoms with Crippen LogP contribution < -0.4 is 0 Å². The van der Waals surface area contributed by atoms with Crippen LogP contribution in [0.1, 0.15) is 37.5 Å². The minimum absolute atomic E-state index is 0.245. The van der Waals surface area contributed by atoms with Crippen molar-refractivity contribution in [2.45, 2.75) is 43.6 Å². The highest BCUT2D eigenvalue weighted by Gasteiger charge is 2.25. The maximum atomic E-state index is 12.8. The molecule has 0 amide bonds. The van der Waals surface area contributed by atoms with Gasteiger partial charge in [-0.3, -0.25) is 0 Å². The third-order valence-corrected chi connectivity index (χ3v) is 6.93. The molecule has 0 saturated carbocycles. The van der Waals surface area contributed by atoms with Crippen molar-refractivity contribution in [2.75, 3.05) is 13.1 Å². The number of nitrogens with zero attached hydrogens (tertiary/aromatic N) is 1. The van der Waals surface area contributed by atoms with Gasteiger partial charge in [-0.15, -0.1) is 11.3 Å². The molecule has 0 spiro atoms. The van der Waals surface area contributed by atoms with Crippen molar-refractivity contribution in [2.24, 2.45) is 0 Å². The highest BCUT2D eigenvalue weighted by atomic mass is 32.2. The normalized spacial score (nSPS) is 22.2. The number of hydrogen-bond acceptors (Lipinski definition) is 3. The van der Waals surface area contributed by atoms with Gasteiger partial charge in [-0.1, -0.05) is 13.8 Å². The molecule has 1 N–H and O–H groups in total. The molecule has 5 heteroatoms. The summed E-state index contributed by atoms with van der Waals surface area (Å²) < 4.78 is 14.7. The van der Waals surface area contributed by atoms with Crippen molar-refractivity contribution in [1.29, 1.82) is 0 Å². The zero-order valence-electron chi connectivity index (χ0n) is 11.0. The van der Waals surface area contributed by atoms with Crippen molar-refractivity contribution in [3.8, 4) is 0 Å². The zero-order chi connectivity index (χ0) is 13.3. The Balaban J connectivity index is 2.19. The lowest BCUT2D eigenvalue weighted by Crippen LogP contribution is -2.39. The molecule has 102 valence electrons. The van der Waals surface area contributed by atoms with E-state index in [9.17, 15) is 9.32 Å². The molecule has 1 aromatic rings. The molecule has 2 heterocycles. The molecule has 0 bridgehead atoms. The Hall–Kier alpha value is -0.360. The molecule has 3 nitrogen and oxygen atoms in total. The molecule has 0 aromatic carbocycles. The van der Waals surface area contributed by atoms with Crippen molar-refractivity contribution < 1.29 is 9.32 Å². The Labute approximate surface area is 114 Å². The van der Waals surface area contributed by atoms with Gasteiger partial charge in [-0.05, 0) is 30.7 Å². The molecule has 1 fully saturated rings. The van der Waals surface area contributed by atoms with Gasteiger partial charge in [-0.2, -0.15) is 0 Å². The molecule has 2 rings (SSSR count). The van der Waals surface area contributed by atoms with Gasteiger partial charge in [0.15, 0.2) is 0 Å². The first kappa shape index (κ1) is 14.1. The SMILES string of the molecule is C=S(=O)(c1csc(C(C)C)c1)N1CCC(O)CC1. The fourth-order valence-corrected chi connectivity index (χ4v) is 5.11. The van der Waals surface area contributed by atoms with E-state index in [0.29, 0.717) is 31.8 Å². The quantitative estimate of drug-likeness (QED) is 0.867. The minimum Gasteiger partial charge on any atom is -0.393 e. The highest BCUT2D eigenvalue weighted by molar-refractivity contribution is 7.98. The van der Waals surface area contributed by atoms with Crippen LogP contribution in [-0.4, -0.2) is 38.7 Å². The van der Waals surface area contributed by atoms with Gasteiger partial charge < -0.3 is 5.11 Å². The largest absolute Gasteiger partial charge is 0.393 e. The fraction of sp³-hybridized carbons (Fsp3) is 0.615. The van der Waals surface area contributed by atoms with Gasteiger partial charge in [0.1, 0.15) is 0 Å². The van der Waals surface area contributed by atoms with Crippen LogP contribution in [0, 0.1) is 0 Å². The first-order chi connectivity index (χ1) is 8.41. The third kappa shape index (κ3) is 2.79. The summed E-state index contributed by atoms with van der Waals surface area (Å²) in [5.41, 5.74) is 0. The van der Waals surface area contributed by atoms with E-state index in [1.165, 1.54) is 4.88 Å². The summed E-state index contributed by atoms with van der Waals surface area (Å²) in [7, 11) is -2.37. The lowest BCUT2D eigenvalue weighted by atomic mass is 10.1. The van der Waals surface area contributed by atoms with Gasteiger partial charge in [0.2, 0.25) is 0 Å². The van der Waals surface area contributed by atoms with Gasteiger partial charge in [-0.25, -0.2) is 8.51 Å². The summed E-state index contributed by atoms with van der Waals surface area (Å²) in [6.45, 7) is 5.60. The molecular weight excluding hydrogens is 266 g/mol. The topological polar surface area (TPSA) is 40.5 Å². The second kappa shape index (κ2) is 5.33. The van der Waals surface area contributed by atoms with E-state index in [4.69, 9.17) is 0 Å². The van der Waals surface area contributed by atoms with Crippen LogP contribution in [0.5, 0.6) is 0 Å². The number of thiophene rings is 1. The number of piperidine rings is 1. The number of aliphatic hydroxyl groups is 1. The van der Waals surface area contributed by atoms with Crippen LogP contribution in [0.25, 0.3) is 0 Å². The molecule has 0 radical (unpaired) electrons. The van der Waals surface area contributed by atoms with Crippen LogP contribution in [0.3, 0.4) is 0 Å². The zero-order valence-corrected chi connectivity index (χ0v) is 12.6. The average Bonchev–Trinajstić information content (AvgIpc) is 2.79. The minimum atomic E-state index is -2.37. The molecule has 1 aromatic heterocycles. The van der Waals surface area contributed by atoms with Gasteiger partial charge in [0, 0.05) is 23.3 Å². The molecule has 18 heavy (non-hydrogen) atoms.